The van der Waals surface area contributed by atoms with Gasteiger partial charge in [0.25, 0.3) is 0 Å². The van der Waals surface area contributed by atoms with Crippen LogP contribution in [-0.4, -0.2) is 55.2 Å². The zero-order valence-corrected chi connectivity index (χ0v) is 12.0. The van der Waals surface area contributed by atoms with Crippen molar-refractivity contribution in [3.63, 3.8) is 0 Å². The fourth-order valence-electron chi connectivity index (χ4n) is 1.57. The number of nitrogens with zero attached hydrogens (tertiary/aromatic N) is 2. The van der Waals surface area contributed by atoms with Crippen molar-refractivity contribution in [2.75, 3.05) is 33.5 Å². The van der Waals surface area contributed by atoms with Crippen LogP contribution in [0.5, 0.6) is 0 Å². The molecule has 1 heterocycles. The second-order valence-electron chi connectivity index (χ2n) is 4.50. The van der Waals surface area contributed by atoms with E-state index in [1.807, 2.05) is 16.9 Å². The predicted octanol–water partition coefficient (Wildman–Crippen LogP) is -0.230. The van der Waals surface area contributed by atoms with Crippen LogP contribution in [0.1, 0.15) is 12.8 Å². The number of carbonyl (C=O) groups is 1. The van der Waals surface area contributed by atoms with E-state index >= 15 is 0 Å². The second kappa shape index (κ2) is 10.4. The summed E-state index contributed by atoms with van der Waals surface area (Å²) < 4.78 is 12.5. The Morgan fingerprint density at radius 2 is 2.20 bits per heavy atom. The molecule has 7 nitrogen and oxygen atoms in total. The Kier molecular flexibility index (Phi) is 8.61. The quantitative estimate of drug-likeness (QED) is 0.548. The maximum absolute atomic E-state index is 10.9. The fourth-order valence-corrected chi connectivity index (χ4v) is 1.57. The molecular weight excluding hydrogens is 260 g/mol. The minimum atomic E-state index is -0.203. The van der Waals surface area contributed by atoms with Gasteiger partial charge in [-0.3, -0.25) is 9.48 Å². The molecule has 1 rings (SSSR count). The van der Waals surface area contributed by atoms with Crippen molar-refractivity contribution in [1.82, 2.24) is 15.1 Å². The lowest BCUT2D eigenvalue weighted by Gasteiger charge is -2.12. The number of carbonyl (C=O) groups excluding carboxylic acids is 1. The van der Waals surface area contributed by atoms with Crippen LogP contribution in [0.4, 0.5) is 0 Å². The molecule has 0 aliphatic carbocycles. The second-order valence-corrected chi connectivity index (χ2v) is 4.50. The number of nitrogens with two attached hydrogens (primary N) is 1. The van der Waals surface area contributed by atoms with Gasteiger partial charge in [0.1, 0.15) is 6.61 Å². The van der Waals surface area contributed by atoms with Crippen LogP contribution in [0.15, 0.2) is 18.5 Å². The van der Waals surface area contributed by atoms with E-state index in [1.165, 1.54) is 0 Å². The fraction of sp³-hybridized carbons (Fsp3) is 0.692. The molecule has 1 atom stereocenters. The number of unbranched alkanes of at least 4 members (excludes halogenated alkanes) is 1. The highest BCUT2D eigenvalue weighted by atomic mass is 16.5. The maximum atomic E-state index is 10.9. The van der Waals surface area contributed by atoms with Crippen molar-refractivity contribution in [2.45, 2.75) is 25.4 Å². The molecule has 0 aliphatic rings. The molecule has 0 saturated carbocycles. The molecular formula is C13H24N4O3. The van der Waals surface area contributed by atoms with Crippen LogP contribution in [-0.2, 0) is 20.8 Å². The van der Waals surface area contributed by atoms with Gasteiger partial charge in [0.05, 0.1) is 19.3 Å². The highest BCUT2D eigenvalue weighted by Crippen LogP contribution is 1.95. The number of likely N-dealkylation sites (N-methyl/N-ethyl adjacent to an activating group) is 1. The molecule has 0 spiro atoms. The van der Waals surface area contributed by atoms with Crippen LogP contribution >= 0.6 is 0 Å². The Morgan fingerprint density at radius 3 is 2.90 bits per heavy atom. The van der Waals surface area contributed by atoms with Crippen LogP contribution in [0.3, 0.4) is 0 Å². The summed E-state index contributed by atoms with van der Waals surface area (Å²) in [5, 5.41) is 6.60. The van der Waals surface area contributed by atoms with Crippen LogP contribution in [0.25, 0.3) is 0 Å². The molecule has 114 valence electrons. The lowest BCUT2D eigenvalue weighted by molar-refractivity contribution is -0.125. The van der Waals surface area contributed by atoms with Crippen molar-refractivity contribution in [3.05, 3.63) is 18.5 Å². The van der Waals surface area contributed by atoms with E-state index < -0.39 is 0 Å². The molecule has 20 heavy (non-hydrogen) atoms. The molecule has 0 aromatic carbocycles. The highest BCUT2D eigenvalue weighted by molar-refractivity contribution is 5.76. The minimum Gasteiger partial charge on any atom is -0.380 e. The topological polar surface area (TPSA) is 91.4 Å². The largest absolute Gasteiger partial charge is 0.380 e. The average molecular weight is 284 g/mol. The van der Waals surface area contributed by atoms with Crippen molar-refractivity contribution < 1.29 is 14.3 Å². The van der Waals surface area contributed by atoms with Crippen molar-refractivity contribution >= 4 is 5.91 Å². The third kappa shape index (κ3) is 7.88. The molecule has 0 radical (unpaired) electrons. The lowest BCUT2D eigenvalue weighted by Crippen LogP contribution is -2.34. The van der Waals surface area contributed by atoms with Gasteiger partial charge >= 0.3 is 0 Å². The van der Waals surface area contributed by atoms with Crippen LogP contribution in [0, 0.1) is 0 Å². The minimum absolute atomic E-state index is 0.0358. The Hall–Kier alpha value is -1.44. The molecule has 0 aliphatic heterocycles. The van der Waals surface area contributed by atoms with Gasteiger partial charge in [-0.2, -0.15) is 5.10 Å². The maximum Gasteiger partial charge on any atom is 0.245 e. The van der Waals surface area contributed by atoms with Crippen molar-refractivity contribution in [1.29, 1.82) is 0 Å². The zero-order chi connectivity index (χ0) is 14.6. The molecule has 0 bridgehead atoms. The van der Waals surface area contributed by atoms with E-state index in [2.05, 4.69) is 10.4 Å². The summed E-state index contributed by atoms with van der Waals surface area (Å²) in [7, 11) is 1.57. The molecule has 7 heteroatoms. The van der Waals surface area contributed by atoms with E-state index in [-0.39, 0.29) is 18.6 Å². The molecule has 1 aromatic heterocycles. The summed E-state index contributed by atoms with van der Waals surface area (Å²) in [5.41, 5.74) is 5.80. The summed E-state index contributed by atoms with van der Waals surface area (Å²) in [6, 6.07) is 1.71. The van der Waals surface area contributed by atoms with Gasteiger partial charge in [-0.15, -0.1) is 0 Å². The summed E-state index contributed by atoms with van der Waals surface area (Å²) >= 11 is 0. The number of amides is 1. The molecule has 1 unspecified atom stereocenters. The summed E-state index contributed by atoms with van der Waals surface area (Å²) in [5.74, 6) is -0.156. The number of nitrogens with one attached hydrogen (secondary N) is 1. The van der Waals surface area contributed by atoms with Gasteiger partial charge in [0.2, 0.25) is 5.91 Å². The molecule has 1 amide bonds. The Labute approximate surface area is 119 Å². The van der Waals surface area contributed by atoms with Gasteiger partial charge in [0.15, 0.2) is 0 Å². The molecule has 3 N–H and O–H groups in total. The number of aryl methyl sites for hydroxylation is 1. The van der Waals surface area contributed by atoms with Gasteiger partial charge in [-0.05, 0) is 18.9 Å². The number of hydrogen-bond donors (Lipinski definition) is 2. The molecule has 0 saturated heterocycles. The first kappa shape index (κ1) is 16.6. The van der Waals surface area contributed by atoms with Gasteiger partial charge in [-0.25, -0.2) is 0 Å². The first-order valence-electron chi connectivity index (χ1n) is 6.81. The van der Waals surface area contributed by atoms with Crippen molar-refractivity contribution in [2.24, 2.45) is 5.73 Å². The monoisotopic (exact) mass is 284 g/mol. The molecule has 0 fully saturated rings. The standard InChI is InChI=1S/C13H24N4O3/c1-15-13(18)11-20-10-12(14)9-19-8-3-2-6-17-7-4-5-16-17/h4-5,7,12H,2-3,6,8-11,14H2,1H3,(H,15,18). The Bertz CT molecular complexity index is 357. The summed E-state index contributed by atoms with van der Waals surface area (Å²) in [6.07, 6.45) is 5.70. The number of hydrogen-bond acceptors (Lipinski definition) is 5. The van der Waals surface area contributed by atoms with Crippen LogP contribution in [0.2, 0.25) is 0 Å². The Morgan fingerprint density at radius 1 is 1.40 bits per heavy atom. The van der Waals surface area contributed by atoms with E-state index in [1.54, 1.807) is 13.2 Å². The van der Waals surface area contributed by atoms with Crippen molar-refractivity contribution in [3.8, 4) is 0 Å². The van der Waals surface area contributed by atoms with Gasteiger partial charge < -0.3 is 20.5 Å². The summed E-state index contributed by atoms with van der Waals surface area (Å²) in [4.78, 5) is 10.9. The van der Waals surface area contributed by atoms with Gasteiger partial charge in [-0.1, -0.05) is 0 Å². The Balaban J connectivity index is 1.88. The zero-order valence-electron chi connectivity index (χ0n) is 12.0. The third-order valence-electron chi connectivity index (χ3n) is 2.66. The third-order valence-corrected chi connectivity index (χ3v) is 2.66. The predicted molar refractivity (Wildman–Crippen MR) is 75.1 cm³/mol. The first-order chi connectivity index (χ1) is 9.72. The van der Waals surface area contributed by atoms with E-state index in [9.17, 15) is 4.79 Å². The molecule has 1 aromatic rings. The number of ether oxygens (including phenoxy) is 2. The normalized spacial score (nSPS) is 12.3. The van der Waals surface area contributed by atoms with E-state index in [4.69, 9.17) is 15.2 Å². The number of aromatic nitrogens is 2. The highest BCUT2D eigenvalue weighted by Gasteiger charge is 2.04. The average Bonchev–Trinajstić information content (AvgIpc) is 2.95. The van der Waals surface area contributed by atoms with Gasteiger partial charge in [0, 0.05) is 32.6 Å². The smallest absolute Gasteiger partial charge is 0.245 e. The first-order valence-corrected chi connectivity index (χ1v) is 6.81. The van der Waals surface area contributed by atoms with Crippen LogP contribution < -0.4 is 11.1 Å². The van der Waals surface area contributed by atoms with E-state index in [0.717, 1.165) is 19.4 Å². The lowest BCUT2D eigenvalue weighted by atomic mass is 10.3. The summed E-state index contributed by atoms with van der Waals surface area (Å²) in [6.45, 7) is 2.37. The SMILES string of the molecule is CNC(=O)COCC(N)COCCCCn1cccn1. The number of rotatable bonds is 11. The van der Waals surface area contributed by atoms with E-state index in [0.29, 0.717) is 19.8 Å².